The molecule has 5 N–H and O–H groups in total. The summed E-state index contributed by atoms with van der Waals surface area (Å²) in [4.78, 5) is 53.0. The molecule has 2 aliphatic rings. The zero-order valence-electron chi connectivity index (χ0n) is 33.9. The monoisotopic (exact) mass is 766 g/mol. The minimum absolute atomic E-state index is 0.0470. The van der Waals surface area contributed by atoms with Crippen LogP contribution in [0.15, 0.2) is 36.0 Å². The molecular weight excluding hydrogens is 700 g/mol. The molecule has 0 aromatic carbocycles. The lowest BCUT2D eigenvalue weighted by molar-refractivity contribution is -0.289. The van der Waals surface area contributed by atoms with E-state index < -0.39 is 114 Å². The van der Waals surface area contributed by atoms with E-state index in [4.69, 9.17) is 18.9 Å². The quantitative estimate of drug-likeness (QED) is 0.255. The number of Topliss-reactive ketones (excluding diaryl/α,β-unsaturated/α-hetero) is 1. The molecule has 16 atom stereocenters. The van der Waals surface area contributed by atoms with Crippen molar-refractivity contribution in [1.29, 1.82) is 0 Å². The van der Waals surface area contributed by atoms with Gasteiger partial charge in [0.25, 0.3) is 0 Å². The number of aliphatic hydroxyl groups excluding tert-OH is 4. The van der Waals surface area contributed by atoms with Crippen LogP contribution < -0.4 is 0 Å². The first-order chi connectivity index (χ1) is 25.0. The van der Waals surface area contributed by atoms with Gasteiger partial charge in [-0.3, -0.25) is 19.2 Å². The Morgan fingerprint density at radius 1 is 0.963 bits per heavy atom. The molecule has 0 aliphatic carbocycles. The SMILES string of the molecule is COC1CC(C)OC(OC2C(C)C=CC(=O)C(C)C=C(C)C(=O)C(C)C(O)CC(=O)OC(C(C)C(C)O)C(C)C(O)CC=CC(=O)C(C)(O)CC2C)C1O. The Morgan fingerprint density at radius 3 is 2.19 bits per heavy atom. The Labute approximate surface area is 320 Å². The van der Waals surface area contributed by atoms with E-state index in [-0.39, 0.29) is 30.3 Å². The second kappa shape index (κ2) is 21.1. The molecule has 16 unspecified atom stereocenters. The van der Waals surface area contributed by atoms with Gasteiger partial charge in [-0.1, -0.05) is 59.8 Å². The zero-order valence-corrected chi connectivity index (χ0v) is 33.9. The van der Waals surface area contributed by atoms with Crippen LogP contribution in [0.5, 0.6) is 0 Å². The van der Waals surface area contributed by atoms with E-state index in [1.165, 1.54) is 59.1 Å². The van der Waals surface area contributed by atoms with Crippen LogP contribution in [0.25, 0.3) is 0 Å². The molecule has 1 saturated heterocycles. The van der Waals surface area contributed by atoms with Crippen molar-refractivity contribution in [2.45, 2.75) is 156 Å². The minimum atomic E-state index is -1.88. The molecule has 2 heterocycles. The molecule has 0 bridgehead atoms. The molecule has 54 heavy (non-hydrogen) atoms. The third kappa shape index (κ3) is 13.3. The number of hydrogen-bond donors (Lipinski definition) is 5. The highest BCUT2D eigenvalue weighted by molar-refractivity contribution is 5.99. The second-order valence-electron chi connectivity index (χ2n) is 16.0. The molecule has 0 radical (unpaired) electrons. The van der Waals surface area contributed by atoms with Gasteiger partial charge >= 0.3 is 5.97 Å². The van der Waals surface area contributed by atoms with E-state index in [0.717, 1.165) is 0 Å². The number of carbonyl (C=O) groups excluding carboxylic acids is 4. The van der Waals surface area contributed by atoms with Gasteiger partial charge in [0.15, 0.2) is 23.6 Å². The van der Waals surface area contributed by atoms with Gasteiger partial charge in [-0.25, -0.2) is 0 Å². The fourth-order valence-electron chi connectivity index (χ4n) is 7.15. The minimum Gasteiger partial charge on any atom is -0.462 e. The van der Waals surface area contributed by atoms with Crippen molar-refractivity contribution in [2.24, 2.45) is 35.5 Å². The molecule has 308 valence electrons. The van der Waals surface area contributed by atoms with Crippen LogP contribution in [-0.4, -0.2) is 117 Å². The molecule has 0 spiro atoms. The summed E-state index contributed by atoms with van der Waals surface area (Å²) in [5.74, 6) is -6.35. The van der Waals surface area contributed by atoms with E-state index in [1.807, 2.05) is 6.92 Å². The number of cyclic esters (lactones) is 1. The van der Waals surface area contributed by atoms with Crippen molar-refractivity contribution < 1.29 is 63.7 Å². The van der Waals surface area contributed by atoms with Crippen molar-refractivity contribution in [3.63, 3.8) is 0 Å². The third-order valence-electron chi connectivity index (χ3n) is 11.1. The highest BCUT2D eigenvalue weighted by Crippen LogP contribution is 2.32. The first-order valence-corrected chi connectivity index (χ1v) is 19.2. The molecule has 0 aromatic rings. The first kappa shape index (κ1) is 47.5. The number of ketones is 3. The maximum absolute atomic E-state index is 13.4. The summed E-state index contributed by atoms with van der Waals surface area (Å²) in [6, 6.07) is 0. The number of hydrogen-bond acceptors (Lipinski definition) is 13. The lowest BCUT2D eigenvalue weighted by atomic mass is 9.82. The van der Waals surface area contributed by atoms with Crippen molar-refractivity contribution >= 4 is 23.3 Å². The normalized spacial score (nSPS) is 40.4. The second-order valence-corrected chi connectivity index (χ2v) is 16.0. The number of rotatable bonds is 5. The van der Waals surface area contributed by atoms with Gasteiger partial charge in [-0.2, -0.15) is 0 Å². The Hall–Kier alpha value is -2.62. The van der Waals surface area contributed by atoms with Gasteiger partial charge in [0.2, 0.25) is 0 Å². The summed E-state index contributed by atoms with van der Waals surface area (Å²) in [6.07, 6.45) is -1.39. The summed E-state index contributed by atoms with van der Waals surface area (Å²) >= 11 is 0. The van der Waals surface area contributed by atoms with Crippen LogP contribution in [0.1, 0.15) is 94.9 Å². The zero-order chi connectivity index (χ0) is 41.2. The Kier molecular flexibility index (Phi) is 18.5. The van der Waals surface area contributed by atoms with Gasteiger partial charge in [0.1, 0.15) is 17.8 Å². The van der Waals surface area contributed by atoms with Crippen LogP contribution in [0.3, 0.4) is 0 Å². The van der Waals surface area contributed by atoms with E-state index >= 15 is 0 Å². The smallest absolute Gasteiger partial charge is 0.308 e. The largest absolute Gasteiger partial charge is 0.462 e. The number of methoxy groups -OCH3 is 1. The summed E-state index contributed by atoms with van der Waals surface area (Å²) < 4.78 is 23.5. The highest BCUT2D eigenvalue weighted by Gasteiger charge is 2.42. The summed E-state index contributed by atoms with van der Waals surface area (Å²) in [6.45, 7) is 16.2. The van der Waals surface area contributed by atoms with E-state index in [2.05, 4.69) is 0 Å². The molecule has 1 fully saturated rings. The van der Waals surface area contributed by atoms with Crippen LogP contribution in [0.4, 0.5) is 0 Å². The number of esters is 1. The fourth-order valence-corrected chi connectivity index (χ4v) is 7.15. The number of allylic oxidation sites excluding steroid dienone is 3. The third-order valence-corrected chi connectivity index (χ3v) is 11.1. The predicted octanol–water partition coefficient (Wildman–Crippen LogP) is 3.41. The van der Waals surface area contributed by atoms with Crippen LogP contribution in [-0.2, 0) is 38.1 Å². The molecule has 2 rings (SSSR count). The van der Waals surface area contributed by atoms with E-state index in [1.54, 1.807) is 40.7 Å². The molecular formula is C41H66O13. The van der Waals surface area contributed by atoms with Gasteiger partial charge in [-0.05, 0) is 64.2 Å². The molecule has 2 aliphatic heterocycles. The number of ether oxygens (including phenoxy) is 4. The lowest BCUT2D eigenvalue weighted by Gasteiger charge is -2.41. The maximum Gasteiger partial charge on any atom is 0.308 e. The van der Waals surface area contributed by atoms with Crippen molar-refractivity contribution in [3.8, 4) is 0 Å². The average molecular weight is 767 g/mol. The predicted molar refractivity (Wildman–Crippen MR) is 201 cm³/mol. The number of carbonyl (C=O) groups is 4. The lowest BCUT2D eigenvalue weighted by Crippen LogP contribution is -2.52. The first-order valence-electron chi connectivity index (χ1n) is 19.2. The van der Waals surface area contributed by atoms with Crippen LogP contribution in [0.2, 0.25) is 0 Å². The van der Waals surface area contributed by atoms with Crippen LogP contribution >= 0.6 is 0 Å². The Balaban J connectivity index is 2.56. The van der Waals surface area contributed by atoms with Gasteiger partial charge < -0.3 is 44.5 Å². The average Bonchev–Trinajstić information content (AvgIpc) is 3.10. The molecule has 0 saturated carbocycles. The summed E-state index contributed by atoms with van der Waals surface area (Å²) in [5, 5.41) is 54.7. The molecule has 0 amide bonds. The highest BCUT2D eigenvalue weighted by atomic mass is 16.7. The van der Waals surface area contributed by atoms with Gasteiger partial charge in [0.05, 0.1) is 43.0 Å². The van der Waals surface area contributed by atoms with Crippen molar-refractivity contribution in [3.05, 3.63) is 36.0 Å². The van der Waals surface area contributed by atoms with E-state index in [0.29, 0.717) is 6.42 Å². The van der Waals surface area contributed by atoms with Crippen molar-refractivity contribution in [1.82, 2.24) is 0 Å². The van der Waals surface area contributed by atoms with E-state index in [9.17, 15) is 44.7 Å². The fraction of sp³-hybridized carbons (Fsp3) is 0.756. The van der Waals surface area contributed by atoms with Crippen molar-refractivity contribution in [2.75, 3.05) is 7.11 Å². The maximum atomic E-state index is 13.4. The Bertz CT molecular complexity index is 1350. The molecule has 0 aromatic heterocycles. The topological polar surface area (TPSA) is 206 Å². The Morgan fingerprint density at radius 2 is 1.59 bits per heavy atom. The van der Waals surface area contributed by atoms with Gasteiger partial charge in [-0.15, -0.1) is 0 Å². The summed E-state index contributed by atoms with van der Waals surface area (Å²) in [5.41, 5.74) is -1.65. The standard InChI is InChI=1S/C41H66O13/c1-21-15-16-30(43)22(2)17-23(3)36(48)27(7)32(45)19-35(47)53-39(26(6)29(9)42)28(8)31(44)13-12-14-34(46)41(10,50)20-24(4)38(21)54-40-37(49)33(51-11)18-25(5)52-40/h12,14-17,21-22,24-29,31-33,37-40,42,44-45,49-50H,13,18-20H2,1-11H3. The summed E-state index contributed by atoms with van der Waals surface area (Å²) in [7, 11) is 1.49. The number of aliphatic hydroxyl groups is 5. The van der Waals surface area contributed by atoms with Crippen LogP contribution in [0, 0.1) is 35.5 Å². The molecule has 13 nitrogen and oxygen atoms in total. The van der Waals surface area contributed by atoms with Gasteiger partial charge in [0, 0.05) is 43.1 Å². The molecule has 13 heteroatoms.